The average Bonchev–Trinajstić information content (AvgIpc) is 3.37. The molecule has 1 amide bonds. The van der Waals surface area contributed by atoms with Crippen LogP contribution in [0.1, 0.15) is 34.0 Å². The number of anilines is 1. The summed E-state index contributed by atoms with van der Waals surface area (Å²) in [6.07, 6.45) is 0. The van der Waals surface area contributed by atoms with Crippen LogP contribution in [-0.2, 0) is 9.59 Å². The smallest absolute Gasteiger partial charge is 0.300 e. The van der Waals surface area contributed by atoms with Crippen molar-refractivity contribution in [2.75, 3.05) is 4.90 Å². The van der Waals surface area contributed by atoms with Gasteiger partial charge < -0.3 is 10.1 Å². The Bertz CT molecular complexity index is 1780. The van der Waals surface area contributed by atoms with E-state index in [1.165, 1.54) is 4.90 Å². The largest absolute Gasteiger partial charge is 0.507 e. The molecule has 5 heteroatoms. The van der Waals surface area contributed by atoms with Crippen molar-refractivity contribution in [2.45, 2.75) is 26.8 Å². The Morgan fingerprint density at radius 1 is 0.811 bits per heavy atom. The second kappa shape index (κ2) is 8.49. The summed E-state index contributed by atoms with van der Waals surface area (Å²) in [6.45, 7) is 5.93. The Hall–Kier alpha value is -4.64. The molecule has 2 heterocycles. The second-order valence-electron chi connectivity index (χ2n) is 9.71. The van der Waals surface area contributed by atoms with E-state index in [0.717, 1.165) is 44.1 Å². The molecule has 5 nitrogen and oxygen atoms in total. The molecule has 5 aromatic rings. The van der Waals surface area contributed by atoms with Crippen molar-refractivity contribution < 1.29 is 14.7 Å². The summed E-state index contributed by atoms with van der Waals surface area (Å²) in [6, 6.07) is 26.2. The number of nitrogens with one attached hydrogen (secondary N) is 1. The van der Waals surface area contributed by atoms with E-state index in [0.29, 0.717) is 11.3 Å². The molecule has 37 heavy (non-hydrogen) atoms. The molecule has 6 rings (SSSR count). The number of fused-ring (bicyclic) bond motifs is 2. The van der Waals surface area contributed by atoms with Crippen LogP contribution in [-0.4, -0.2) is 21.8 Å². The SMILES string of the molecule is Cc1ccc(N2C(=O)C(=O)/C(=C(/O)c3ccc4ccccc4c3)C2c2c(C)[nH]c3ccccc23)cc1C. The number of para-hydroxylation sites is 1. The first-order chi connectivity index (χ1) is 17.8. The van der Waals surface area contributed by atoms with Crippen LogP contribution in [0, 0.1) is 20.8 Å². The van der Waals surface area contributed by atoms with E-state index in [1.54, 1.807) is 6.07 Å². The highest BCUT2D eigenvalue weighted by Crippen LogP contribution is 2.45. The number of aliphatic hydroxyl groups excluding tert-OH is 1. The van der Waals surface area contributed by atoms with Crippen molar-refractivity contribution in [1.82, 2.24) is 4.98 Å². The number of rotatable bonds is 3. The lowest BCUT2D eigenvalue weighted by molar-refractivity contribution is -0.132. The van der Waals surface area contributed by atoms with Gasteiger partial charge in [0.15, 0.2) is 0 Å². The van der Waals surface area contributed by atoms with E-state index in [9.17, 15) is 14.7 Å². The molecule has 1 aromatic heterocycles. The molecule has 182 valence electrons. The molecule has 0 spiro atoms. The standard InChI is InChI=1S/C32H26N2O3/c1-18-12-15-24(16-19(18)2)34-29(27-20(3)33-26-11-7-6-10-25(26)27)28(31(36)32(34)37)30(35)23-14-13-21-8-4-5-9-22(21)17-23/h4-17,29,33,35H,1-3H3/b30-28+. The predicted octanol–water partition coefficient (Wildman–Crippen LogP) is 6.87. The minimum Gasteiger partial charge on any atom is -0.507 e. The number of hydrogen-bond acceptors (Lipinski definition) is 3. The number of nitrogens with zero attached hydrogens (tertiary/aromatic N) is 1. The molecule has 1 fully saturated rings. The zero-order valence-electron chi connectivity index (χ0n) is 20.9. The number of carbonyl (C=O) groups excluding carboxylic acids is 2. The summed E-state index contributed by atoms with van der Waals surface area (Å²) in [5, 5.41) is 14.5. The number of H-pyrrole nitrogens is 1. The molecule has 1 saturated heterocycles. The van der Waals surface area contributed by atoms with Crippen LogP contribution in [0.4, 0.5) is 5.69 Å². The molecule has 4 aromatic carbocycles. The second-order valence-corrected chi connectivity index (χ2v) is 9.71. The van der Waals surface area contributed by atoms with Crippen LogP contribution in [0.5, 0.6) is 0 Å². The van der Waals surface area contributed by atoms with Crippen LogP contribution in [0.2, 0.25) is 0 Å². The van der Waals surface area contributed by atoms with Gasteiger partial charge >= 0.3 is 0 Å². The average molecular weight is 487 g/mol. The van der Waals surface area contributed by atoms with Gasteiger partial charge in [0.05, 0.1) is 11.6 Å². The van der Waals surface area contributed by atoms with Crippen LogP contribution >= 0.6 is 0 Å². The van der Waals surface area contributed by atoms with Gasteiger partial charge in [-0.25, -0.2) is 0 Å². The number of benzene rings is 4. The number of carbonyl (C=O) groups is 2. The summed E-state index contributed by atoms with van der Waals surface area (Å²) in [7, 11) is 0. The van der Waals surface area contributed by atoms with Gasteiger partial charge in [0.25, 0.3) is 11.7 Å². The van der Waals surface area contributed by atoms with Gasteiger partial charge in [0, 0.05) is 33.4 Å². The van der Waals surface area contributed by atoms with Crippen molar-refractivity contribution in [1.29, 1.82) is 0 Å². The first-order valence-electron chi connectivity index (χ1n) is 12.3. The van der Waals surface area contributed by atoms with E-state index in [-0.39, 0.29) is 11.3 Å². The lowest BCUT2D eigenvalue weighted by Gasteiger charge is -2.26. The predicted molar refractivity (Wildman–Crippen MR) is 148 cm³/mol. The zero-order chi connectivity index (χ0) is 25.8. The third-order valence-electron chi connectivity index (χ3n) is 7.45. The van der Waals surface area contributed by atoms with Gasteiger partial charge in [-0.1, -0.05) is 60.7 Å². The number of Topliss-reactive ketones (excluding diaryl/α,β-unsaturated/α-hetero) is 1. The zero-order valence-corrected chi connectivity index (χ0v) is 20.9. The highest BCUT2D eigenvalue weighted by molar-refractivity contribution is 6.52. The van der Waals surface area contributed by atoms with Gasteiger partial charge in [-0.05, 0) is 66.9 Å². The van der Waals surface area contributed by atoms with Crippen molar-refractivity contribution >= 4 is 44.8 Å². The van der Waals surface area contributed by atoms with E-state index in [1.807, 2.05) is 99.6 Å². The van der Waals surface area contributed by atoms with Crippen LogP contribution in [0.3, 0.4) is 0 Å². The van der Waals surface area contributed by atoms with E-state index in [2.05, 4.69) is 4.98 Å². The maximum Gasteiger partial charge on any atom is 0.300 e. The summed E-state index contributed by atoms with van der Waals surface area (Å²) < 4.78 is 0. The number of aliphatic hydroxyl groups is 1. The molecule has 1 unspecified atom stereocenters. The fourth-order valence-electron chi connectivity index (χ4n) is 5.39. The number of aromatic nitrogens is 1. The van der Waals surface area contributed by atoms with Crippen molar-refractivity contribution in [2.24, 2.45) is 0 Å². The molecule has 2 N–H and O–H groups in total. The Morgan fingerprint density at radius 2 is 1.54 bits per heavy atom. The molecule has 0 bridgehead atoms. The van der Waals surface area contributed by atoms with Crippen molar-refractivity contribution in [3.63, 3.8) is 0 Å². The van der Waals surface area contributed by atoms with Crippen molar-refractivity contribution in [3.05, 3.63) is 118 Å². The van der Waals surface area contributed by atoms with E-state index < -0.39 is 17.7 Å². The first-order valence-corrected chi connectivity index (χ1v) is 12.3. The monoisotopic (exact) mass is 486 g/mol. The topological polar surface area (TPSA) is 73.4 Å². The molecule has 0 aliphatic carbocycles. The normalized spacial score (nSPS) is 17.3. The number of aromatic amines is 1. The van der Waals surface area contributed by atoms with Gasteiger partial charge in [0.1, 0.15) is 5.76 Å². The Labute approximate surface area is 214 Å². The molecule has 0 saturated carbocycles. The number of aryl methyl sites for hydroxylation is 3. The fraction of sp³-hybridized carbons (Fsp3) is 0.125. The molecule has 0 radical (unpaired) electrons. The summed E-state index contributed by atoms with van der Waals surface area (Å²) in [5.74, 6) is -1.52. The van der Waals surface area contributed by atoms with E-state index >= 15 is 0 Å². The number of amides is 1. The molecular weight excluding hydrogens is 460 g/mol. The highest BCUT2D eigenvalue weighted by atomic mass is 16.3. The molecule has 1 atom stereocenters. The maximum absolute atomic E-state index is 13.7. The third kappa shape index (κ3) is 3.54. The maximum atomic E-state index is 13.7. The summed E-state index contributed by atoms with van der Waals surface area (Å²) in [4.78, 5) is 32.2. The minimum atomic E-state index is -0.787. The minimum absolute atomic E-state index is 0.0892. The quantitative estimate of drug-likeness (QED) is 0.166. The first kappa shape index (κ1) is 22.8. The fourth-order valence-corrected chi connectivity index (χ4v) is 5.39. The lowest BCUT2D eigenvalue weighted by Crippen LogP contribution is -2.29. The highest BCUT2D eigenvalue weighted by Gasteiger charge is 2.48. The van der Waals surface area contributed by atoms with Gasteiger partial charge in [-0.15, -0.1) is 0 Å². The van der Waals surface area contributed by atoms with E-state index in [4.69, 9.17) is 0 Å². The Kier molecular flexibility index (Phi) is 5.23. The lowest BCUT2D eigenvalue weighted by atomic mass is 9.92. The van der Waals surface area contributed by atoms with Gasteiger partial charge in [-0.2, -0.15) is 0 Å². The number of ketones is 1. The van der Waals surface area contributed by atoms with Crippen LogP contribution in [0.25, 0.3) is 27.4 Å². The summed E-state index contributed by atoms with van der Waals surface area (Å²) in [5.41, 5.74) is 5.87. The van der Waals surface area contributed by atoms with Crippen LogP contribution < -0.4 is 4.90 Å². The van der Waals surface area contributed by atoms with Crippen molar-refractivity contribution in [3.8, 4) is 0 Å². The Morgan fingerprint density at radius 3 is 2.32 bits per heavy atom. The summed E-state index contributed by atoms with van der Waals surface area (Å²) >= 11 is 0. The van der Waals surface area contributed by atoms with Gasteiger partial charge in [-0.3, -0.25) is 14.5 Å². The third-order valence-corrected chi connectivity index (χ3v) is 7.45. The Balaban J connectivity index is 1.64. The molecule has 1 aliphatic rings. The van der Waals surface area contributed by atoms with Crippen LogP contribution in [0.15, 0.2) is 90.5 Å². The number of hydrogen-bond donors (Lipinski definition) is 2. The van der Waals surface area contributed by atoms with Gasteiger partial charge in [0.2, 0.25) is 0 Å². The molecule has 1 aliphatic heterocycles. The molecular formula is C32H26N2O3.